The number of hydrogen-bond donors (Lipinski definition) is 1. The van der Waals surface area contributed by atoms with Crippen LogP contribution in [0.25, 0.3) is 0 Å². The lowest BCUT2D eigenvalue weighted by molar-refractivity contribution is 0.340. The van der Waals surface area contributed by atoms with Gasteiger partial charge in [-0.15, -0.1) is 0 Å². The Morgan fingerprint density at radius 1 is 1.43 bits per heavy atom. The molecule has 0 radical (unpaired) electrons. The second-order valence-electron chi connectivity index (χ2n) is 3.05. The summed E-state index contributed by atoms with van der Waals surface area (Å²) in [6.45, 7) is 3.57. The number of halogens is 1. The number of ether oxygens (including phenoxy) is 1. The largest absolute Gasteiger partial charge is 0.492 e. The van der Waals surface area contributed by atoms with E-state index in [-0.39, 0.29) is 0 Å². The predicted molar refractivity (Wildman–Crippen MR) is 60.3 cm³/mol. The summed E-state index contributed by atoms with van der Waals surface area (Å²) in [6, 6.07) is 5.92. The van der Waals surface area contributed by atoms with Crippen LogP contribution in [0.4, 0.5) is 0 Å². The molecule has 78 valence electrons. The summed E-state index contributed by atoms with van der Waals surface area (Å²) in [5.41, 5.74) is 1.24. The van der Waals surface area contributed by atoms with Crippen molar-refractivity contribution >= 4 is 11.6 Å². The molecule has 0 bridgehead atoms. The Hall–Kier alpha value is -0.730. The van der Waals surface area contributed by atoms with Crippen LogP contribution in [0.15, 0.2) is 18.2 Å². The van der Waals surface area contributed by atoms with Crippen LogP contribution >= 0.6 is 11.6 Å². The van der Waals surface area contributed by atoms with E-state index in [1.807, 2.05) is 32.2 Å². The number of likely N-dealkylation sites (N-methyl/N-ethyl adjacent to an activating group) is 1. The highest BCUT2D eigenvalue weighted by atomic mass is 35.5. The Bertz CT molecular complexity index is 289. The van der Waals surface area contributed by atoms with Gasteiger partial charge in [0.05, 0.1) is 11.6 Å². The van der Waals surface area contributed by atoms with Crippen LogP contribution in [-0.2, 0) is 6.42 Å². The minimum atomic E-state index is 0.648. The average Bonchev–Trinajstić information content (AvgIpc) is 2.19. The van der Waals surface area contributed by atoms with Gasteiger partial charge in [-0.25, -0.2) is 0 Å². The van der Waals surface area contributed by atoms with E-state index in [1.165, 1.54) is 5.56 Å². The molecule has 2 nitrogen and oxygen atoms in total. The van der Waals surface area contributed by atoms with Crippen molar-refractivity contribution in [2.45, 2.75) is 13.3 Å². The smallest absolute Gasteiger partial charge is 0.138 e. The quantitative estimate of drug-likeness (QED) is 0.812. The molecule has 0 aliphatic carbocycles. The fourth-order valence-corrected chi connectivity index (χ4v) is 1.41. The molecule has 0 atom stereocenters. The van der Waals surface area contributed by atoms with E-state index in [0.29, 0.717) is 11.6 Å². The predicted octanol–water partition coefficient (Wildman–Crippen LogP) is 2.50. The van der Waals surface area contributed by atoms with Gasteiger partial charge in [0.25, 0.3) is 0 Å². The van der Waals surface area contributed by atoms with Gasteiger partial charge in [-0.3, -0.25) is 0 Å². The minimum absolute atomic E-state index is 0.648. The van der Waals surface area contributed by atoms with E-state index in [0.717, 1.165) is 18.7 Å². The van der Waals surface area contributed by atoms with Crippen molar-refractivity contribution in [2.24, 2.45) is 0 Å². The van der Waals surface area contributed by atoms with Crippen LogP contribution in [0, 0.1) is 0 Å². The molecule has 14 heavy (non-hydrogen) atoms. The van der Waals surface area contributed by atoms with Gasteiger partial charge in [0.1, 0.15) is 5.75 Å². The number of benzene rings is 1. The second-order valence-corrected chi connectivity index (χ2v) is 3.46. The molecule has 0 saturated heterocycles. The SMILES string of the molecule is CCOc1cc(CCNC)ccc1Cl. The van der Waals surface area contributed by atoms with Crippen LogP contribution in [0.3, 0.4) is 0 Å². The fraction of sp³-hybridized carbons (Fsp3) is 0.455. The van der Waals surface area contributed by atoms with Crippen molar-refractivity contribution in [3.63, 3.8) is 0 Å². The van der Waals surface area contributed by atoms with Gasteiger partial charge in [0, 0.05) is 0 Å². The standard InChI is InChI=1S/C11H16ClNO/c1-3-14-11-8-9(6-7-13-2)4-5-10(11)12/h4-5,8,13H,3,6-7H2,1-2H3. The molecule has 1 aromatic carbocycles. The summed E-state index contributed by atoms with van der Waals surface area (Å²) in [5, 5.41) is 3.79. The topological polar surface area (TPSA) is 21.3 Å². The van der Waals surface area contributed by atoms with Gasteiger partial charge in [-0.05, 0) is 44.6 Å². The zero-order valence-electron chi connectivity index (χ0n) is 8.64. The Balaban J connectivity index is 2.72. The zero-order valence-corrected chi connectivity index (χ0v) is 9.40. The van der Waals surface area contributed by atoms with E-state index < -0.39 is 0 Å². The molecule has 1 rings (SSSR count). The summed E-state index contributed by atoms with van der Waals surface area (Å²) >= 11 is 5.97. The number of rotatable bonds is 5. The maximum absolute atomic E-state index is 5.97. The Labute approximate surface area is 90.2 Å². The lowest BCUT2D eigenvalue weighted by Gasteiger charge is -2.07. The zero-order chi connectivity index (χ0) is 10.4. The molecule has 0 heterocycles. The van der Waals surface area contributed by atoms with Gasteiger partial charge in [0.15, 0.2) is 0 Å². The molecule has 0 amide bonds. The monoisotopic (exact) mass is 213 g/mol. The summed E-state index contributed by atoms with van der Waals surface area (Å²) in [5.74, 6) is 0.780. The highest BCUT2D eigenvalue weighted by Crippen LogP contribution is 2.25. The van der Waals surface area contributed by atoms with Gasteiger partial charge < -0.3 is 10.1 Å². The van der Waals surface area contributed by atoms with Crippen molar-refractivity contribution in [3.05, 3.63) is 28.8 Å². The van der Waals surface area contributed by atoms with Crippen LogP contribution in [0.5, 0.6) is 5.75 Å². The Morgan fingerprint density at radius 2 is 2.21 bits per heavy atom. The number of hydrogen-bond acceptors (Lipinski definition) is 2. The van der Waals surface area contributed by atoms with E-state index in [4.69, 9.17) is 16.3 Å². The molecule has 0 aliphatic heterocycles. The molecule has 1 aromatic rings. The van der Waals surface area contributed by atoms with Crippen molar-refractivity contribution in [2.75, 3.05) is 20.2 Å². The first-order valence-corrected chi connectivity index (χ1v) is 5.21. The van der Waals surface area contributed by atoms with Crippen LogP contribution in [-0.4, -0.2) is 20.2 Å². The molecular formula is C11H16ClNO. The van der Waals surface area contributed by atoms with Crippen LogP contribution in [0.1, 0.15) is 12.5 Å². The van der Waals surface area contributed by atoms with Gasteiger partial charge in [-0.2, -0.15) is 0 Å². The molecule has 0 unspecified atom stereocenters. The summed E-state index contributed by atoms with van der Waals surface area (Å²) in [6.07, 6.45) is 0.994. The second kappa shape index (κ2) is 5.89. The summed E-state index contributed by atoms with van der Waals surface area (Å²) in [4.78, 5) is 0. The first-order chi connectivity index (χ1) is 6.77. The van der Waals surface area contributed by atoms with E-state index in [9.17, 15) is 0 Å². The molecule has 0 aliphatic rings. The van der Waals surface area contributed by atoms with Crippen molar-refractivity contribution in [3.8, 4) is 5.75 Å². The third-order valence-electron chi connectivity index (χ3n) is 1.96. The average molecular weight is 214 g/mol. The lowest BCUT2D eigenvalue weighted by Crippen LogP contribution is -2.10. The lowest BCUT2D eigenvalue weighted by atomic mass is 10.1. The third-order valence-corrected chi connectivity index (χ3v) is 2.27. The maximum Gasteiger partial charge on any atom is 0.138 e. The summed E-state index contributed by atoms with van der Waals surface area (Å²) < 4.78 is 5.40. The van der Waals surface area contributed by atoms with Crippen molar-refractivity contribution in [1.82, 2.24) is 5.32 Å². The molecule has 0 spiro atoms. The third kappa shape index (κ3) is 3.20. The fourth-order valence-electron chi connectivity index (χ4n) is 1.24. The maximum atomic E-state index is 5.97. The molecule has 0 saturated carbocycles. The van der Waals surface area contributed by atoms with Crippen LogP contribution in [0.2, 0.25) is 5.02 Å². The molecule has 1 N–H and O–H groups in total. The minimum Gasteiger partial charge on any atom is -0.492 e. The first-order valence-electron chi connectivity index (χ1n) is 4.83. The molecule has 0 aromatic heterocycles. The van der Waals surface area contributed by atoms with Crippen LogP contribution < -0.4 is 10.1 Å². The molecule has 0 fully saturated rings. The van der Waals surface area contributed by atoms with E-state index in [2.05, 4.69) is 5.32 Å². The summed E-state index contributed by atoms with van der Waals surface area (Å²) in [7, 11) is 1.94. The number of nitrogens with one attached hydrogen (secondary N) is 1. The van der Waals surface area contributed by atoms with Crippen molar-refractivity contribution in [1.29, 1.82) is 0 Å². The highest BCUT2D eigenvalue weighted by molar-refractivity contribution is 6.32. The Morgan fingerprint density at radius 3 is 2.86 bits per heavy atom. The van der Waals surface area contributed by atoms with Crippen molar-refractivity contribution < 1.29 is 4.74 Å². The van der Waals surface area contributed by atoms with E-state index >= 15 is 0 Å². The highest BCUT2D eigenvalue weighted by Gasteiger charge is 2.01. The first kappa shape index (κ1) is 11.3. The Kier molecular flexibility index (Phi) is 4.77. The van der Waals surface area contributed by atoms with E-state index in [1.54, 1.807) is 0 Å². The van der Waals surface area contributed by atoms with Gasteiger partial charge in [0.2, 0.25) is 0 Å². The molecule has 3 heteroatoms. The normalized spacial score (nSPS) is 10.2. The van der Waals surface area contributed by atoms with Gasteiger partial charge >= 0.3 is 0 Å². The molecular weight excluding hydrogens is 198 g/mol. The van der Waals surface area contributed by atoms with Gasteiger partial charge in [-0.1, -0.05) is 17.7 Å².